The molecule has 1 atom stereocenters. The van der Waals surface area contributed by atoms with Crippen LogP contribution in [0.15, 0.2) is 36.4 Å². The molecule has 1 aromatic heterocycles. The SMILES string of the molecule is Cc1ccccc1C1(O)CCN(C(=O)Nc2c(C)ccc3nsnc23)C1. The van der Waals surface area contributed by atoms with E-state index in [2.05, 4.69) is 14.1 Å². The number of fused-ring (bicyclic) bond motifs is 1. The number of rotatable bonds is 2. The number of urea groups is 1. The van der Waals surface area contributed by atoms with Crippen LogP contribution in [0.3, 0.4) is 0 Å². The van der Waals surface area contributed by atoms with Crippen molar-refractivity contribution >= 4 is 34.5 Å². The molecule has 1 unspecified atom stereocenters. The van der Waals surface area contributed by atoms with Crippen molar-refractivity contribution in [1.82, 2.24) is 13.6 Å². The summed E-state index contributed by atoms with van der Waals surface area (Å²) in [5.41, 5.74) is 4.01. The number of β-amino-alcohol motifs (C(OH)–C–C–N with tert-alkyl or cyclic N) is 1. The van der Waals surface area contributed by atoms with Crippen molar-refractivity contribution in [2.75, 3.05) is 18.4 Å². The third kappa shape index (κ3) is 2.83. The molecular formula is C19H20N4O2S. The Bertz CT molecular complexity index is 987. The van der Waals surface area contributed by atoms with Gasteiger partial charge in [-0.3, -0.25) is 0 Å². The standard InChI is InChI=1S/C19H20N4O2S/c1-12-5-3-4-6-14(12)19(25)9-10-23(11-19)18(24)20-16-13(2)7-8-15-17(16)22-26-21-15/h3-8,25H,9-11H2,1-2H3,(H,20,24). The first-order chi connectivity index (χ1) is 12.5. The third-order valence-electron chi connectivity index (χ3n) is 5.05. The predicted octanol–water partition coefficient (Wildman–Crippen LogP) is 3.43. The number of anilines is 1. The van der Waals surface area contributed by atoms with Crippen LogP contribution in [0.2, 0.25) is 0 Å². The van der Waals surface area contributed by atoms with E-state index in [9.17, 15) is 9.90 Å². The highest BCUT2D eigenvalue weighted by molar-refractivity contribution is 7.00. The average molecular weight is 368 g/mol. The van der Waals surface area contributed by atoms with Crippen LogP contribution in [-0.2, 0) is 5.60 Å². The molecule has 134 valence electrons. The molecule has 2 amide bonds. The van der Waals surface area contributed by atoms with Crippen molar-refractivity contribution in [3.8, 4) is 0 Å². The maximum atomic E-state index is 12.8. The first kappa shape index (κ1) is 16.9. The Labute approximate surface area is 155 Å². The van der Waals surface area contributed by atoms with Gasteiger partial charge in [0.1, 0.15) is 16.6 Å². The van der Waals surface area contributed by atoms with E-state index in [0.29, 0.717) is 24.2 Å². The molecule has 1 aliphatic rings. The second kappa shape index (κ2) is 6.34. The monoisotopic (exact) mass is 368 g/mol. The summed E-state index contributed by atoms with van der Waals surface area (Å²) in [6, 6.07) is 11.4. The number of aromatic nitrogens is 2. The van der Waals surface area contributed by atoms with Crippen LogP contribution in [0.4, 0.5) is 10.5 Å². The Balaban J connectivity index is 1.56. The van der Waals surface area contributed by atoms with Gasteiger partial charge in [0.2, 0.25) is 0 Å². The van der Waals surface area contributed by atoms with Crippen LogP contribution in [-0.4, -0.2) is 37.9 Å². The van der Waals surface area contributed by atoms with Gasteiger partial charge in [-0.2, -0.15) is 8.75 Å². The molecule has 2 N–H and O–H groups in total. The van der Waals surface area contributed by atoms with E-state index in [1.807, 2.05) is 50.2 Å². The van der Waals surface area contributed by atoms with E-state index in [1.165, 1.54) is 0 Å². The van der Waals surface area contributed by atoms with Gasteiger partial charge in [-0.1, -0.05) is 30.3 Å². The number of hydrogen-bond acceptors (Lipinski definition) is 5. The van der Waals surface area contributed by atoms with Gasteiger partial charge >= 0.3 is 6.03 Å². The Kier molecular flexibility index (Phi) is 4.13. The summed E-state index contributed by atoms with van der Waals surface area (Å²) in [5.74, 6) is 0. The fourth-order valence-corrected chi connectivity index (χ4v) is 4.12. The van der Waals surface area contributed by atoms with Gasteiger partial charge in [-0.15, -0.1) is 0 Å². The minimum absolute atomic E-state index is 0.224. The highest BCUT2D eigenvalue weighted by Crippen LogP contribution is 2.34. The first-order valence-corrected chi connectivity index (χ1v) is 9.27. The number of aryl methyl sites for hydroxylation is 2. The van der Waals surface area contributed by atoms with Crippen LogP contribution in [0.25, 0.3) is 11.0 Å². The van der Waals surface area contributed by atoms with Gasteiger partial charge in [0.15, 0.2) is 0 Å². The molecule has 1 aliphatic heterocycles. The maximum absolute atomic E-state index is 12.8. The number of carbonyl (C=O) groups excluding carboxylic acids is 1. The first-order valence-electron chi connectivity index (χ1n) is 8.54. The van der Waals surface area contributed by atoms with Crippen molar-refractivity contribution in [2.24, 2.45) is 0 Å². The van der Waals surface area contributed by atoms with Gasteiger partial charge in [-0.25, -0.2) is 4.79 Å². The quantitative estimate of drug-likeness (QED) is 0.726. The molecule has 0 spiro atoms. The molecule has 0 bridgehead atoms. The van der Waals surface area contributed by atoms with Crippen molar-refractivity contribution in [2.45, 2.75) is 25.9 Å². The minimum Gasteiger partial charge on any atom is -0.383 e. The molecule has 26 heavy (non-hydrogen) atoms. The van der Waals surface area contributed by atoms with Crippen molar-refractivity contribution in [1.29, 1.82) is 0 Å². The number of likely N-dealkylation sites (tertiary alicyclic amines) is 1. The summed E-state index contributed by atoms with van der Waals surface area (Å²) in [4.78, 5) is 14.5. The van der Waals surface area contributed by atoms with Crippen molar-refractivity contribution in [3.05, 3.63) is 53.1 Å². The molecule has 3 aromatic rings. The summed E-state index contributed by atoms with van der Waals surface area (Å²) in [6.45, 7) is 4.69. The second-order valence-corrected chi connectivity index (χ2v) is 7.37. The average Bonchev–Trinajstić information content (AvgIpc) is 3.25. The van der Waals surface area contributed by atoms with Crippen molar-refractivity contribution in [3.63, 3.8) is 0 Å². The molecule has 4 rings (SSSR count). The van der Waals surface area contributed by atoms with E-state index >= 15 is 0 Å². The number of carbonyl (C=O) groups is 1. The van der Waals surface area contributed by atoms with Gasteiger partial charge < -0.3 is 15.3 Å². The molecule has 1 saturated heterocycles. The zero-order valence-electron chi connectivity index (χ0n) is 14.7. The lowest BCUT2D eigenvalue weighted by Gasteiger charge is -2.25. The van der Waals surface area contributed by atoms with Crippen LogP contribution in [0.5, 0.6) is 0 Å². The molecule has 2 aromatic carbocycles. The number of nitrogens with one attached hydrogen (secondary N) is 1. The molecule has 0 saturated carbocycles. The Morgan fingerprint density at radius 2 is 2.00 bits per heavy atom. The highest BCUT2D eigenvalue weighted by atomic mass is 32.1. The zero-order chi connectivity index (χ0) is 18.3. The Morgan fingerprint density at radius 3 is 2.81 bits per heavy atom. The lowest BCUT2D eigenvalue weighted by molar-refractivity contribution is 0.0494. The fourth-order valence-electron chi connectivity index (χ4n) is 3.58. The van der Waals surface area contributed by atoms with E-state index in [-0.39, 0.29) is 12.6 Å². The van der Waals surface area contributed by atoms with Gasteiger partial charge in [0, 0.05) is 6.54 Å². The zero-order valence-corrected chi connectivity index (χ0v) is 15.5. The summed E-state index contributed by atoms with van der Waals surface area (Å²) < 4.78 is 8.52. The Hall–Kier alpha value is -2.51. The van der Waals surface area contributed by atoms with Crippen LogP contribution in [0, 0.1) is 13.8 Å². The minimum atomic E-state index is -1.01. The molecule has 0 radical (unpaired) electrons. The number of benzene rings is 2. The molecule has 0 aliphatic carbocycles. The molecule has 2 heterocycles. The summed E-state index contributed by atoms with van der Waals surface area (Å²) >= 11 is 1.13. The normalized spacial score (nSPS) is 19.9. The number of aliphatic hydroxyl groups is 1. The largest absolute Gasteiger partial charge is 0.383 e. The fraction of sp³-hybridized carbons (Fsp3) is 0.316. The van der Waals surface area contributed by atoms with Crippen LogP contribution >= 0.6 is 11.7 Å². The second-order valence-electron chi connectivity index (χ2n) is 6.84. The summed E-state index contributed by atoms with van der Waals surface area (Å²) in [7, 11) is 0. The van der Waals surface area contributed by atoms with Gasteiger partial charge in [0.05, 0.1) is 24.0 Å². The number of hydrogen-bond donors (Lipinski definition) is 2. The highest BCUT2D eigenvalue weighted by Gasteiger charge is 2.40. The maximum Gasteiger partial charge on any atom is 0.322 e. The van der Waals surface area contributed by atoms with Gasteiger partial charge in [0.25, 0.3) is 0 Å². The molecule has 7 heteroatoms. The van der Waals surface area contributed by atoms with E-state index in [1.54, 1.807) is 4.90 Å². The van der Waals surface area contributed by atoms with E-state index in [0.717, 1.165) is 33.9 Å². The lowest BCUT2D eigenvalue weighted by atomic mass is 9.89. The van der Waals surface area contributed by atoms with E-state index < -0.39 is 5.60 Å². The third-order valence-corrected chi connectivity index (χ3v) is 5.59. The summed E-state index contributed by atoms with van der Waals surface area (Å²) in [6.07, 6.45) is 0.521. The van der Waals surface area contributed by atoms with Crippen molar-refractivity contribution < 1.29 is 9.90 Å². The number of nitrogens with zero attached hydrogens (tertiary/aromatic N) is 3. The smallest absolute Gasteiger partial charge is 0.322 e. The topological polar surface area (TPSA) is 78.4 Å². The van der Waals surface area contributed by atoms with Crippen LogP contribution in [0.1, 0.15) is 23.1 Å². The summed E-state index contributed by atoms with van der Waals surface area (Å²) in [5, 5.41) is 14.0. The predicted molar refractivity (Wildman–Crippen MR) is 102 cm³/mol. The molecule has 1 fully saturated rings. The molecular weight excluding hydrogens is 348 g/mol. The lowest BCUT2D eigenvalue weighted by Crippen LogP contribution is -2.37. The molecule has 6 nitrogen and oxygen atoms in total. The Morgan fingerprint density at radius 1 is 1.19 bits per heavy atom. The van der Waals surface area contributed by atoms with E-state index in [4.69, 9.17) is 0 Å². The van der Waals surface area contributed by atoms with Crippen LogP contribution < -0.4 is 5.32 Å². The van der Waals surface area contributed by atoms with Gasteiger partial charge in [-0.05, 0) is 43.0 Å². The number of amides is 2.